The van der Waals surface area contributed by atoms with Crippen molar-refractivity contribution in [2.45, 2.75) is 31.0 Å². The van der Waals surface area contributed by atoms with Gasteiger partial charge in [0.15, 0.2) is 0 Å². The van der Waals surface area contributed by atoms with E-state index in [4.69, 9.17) is 10.5 Å². The number of aromatic nitrogens is 2. The highest BCUT2D eigenvalue weighted by Gasteiger charge is 2.50. The molecule has 2 aliphatic rings. The molecule has 1 saturated carbocycles. The first-order chi connectivity index (χ1) is 7.77. The van der Waals surface area contributed by atoms with Crippen LogP contribution >= 0.6 is 0 Å². The van der Waals surface area contributed by atoms with Crippen LogP contribution in [0.5, 0.6) is 0 Å². The van der Waals surface area contributed by atoms with Crippen LogP contribution in [-0.4, -0.2) is 34.3 Å². The third-order valence-corrected chi connectivity index (χ3v) is 3.79. The Labute approximate surface area is 95.0 Å². The Morgan fingerprint density at radius 3 is 3.25 bits per heavy atom. The van der Waals surface area contributed by atoms with Crippen LogP contribution in [0.3, 0.4) is 0 Å². The summed E-state index contributed by atoms with van der Waals surface area (Å²) in [5.41, 5.74) is 6.16. The molecule has 5 heteroatoms. The minimum absolute atomic E-state index is 0.196. The quantitative estimate of drug-likeness (QED) is 0.757. The molecule has 0 radical (unpaired) electrons. The molecule has 16 heavy (non-hydrogen) atoms. The SMILES string of the molecule is Cn1ccnc1NC1C(N)C2CCCOC21. The second-order valence-electron chi connectivity index (χ2n) is 4.75. The van der Waals surface area contributed by atoms with E-state index in [2.05, 4.69) is 10.3 Å². The summed E-state index contributed by atoms with van der Waals surface area (Å²) in [7, 11) is 1.97. The van der Waals surface area contributed by atoms with Gasteiger partial charge in [0.2, 0.25) is 5.95 Å². The van der Waals surface area contributed by atoms with Gasteiger partial charge in [-0.15, -0.1) is 0 Å². The fourth-order valence-corrected chi connectivity index (χ4v) is 2.78. The summed E-state index contributed by atoms with van der Waals surface area (Å²) in [6, 6.07) is 0.411. The molecule has 2 fully saturated rings. The van der Waals surface area contributed by atoms with Crippen LogP contribution < -0.4 is 11.1 Å². The lowest BCUT2D eigenvalue weighted by atomic mass is 9.69. The van der Waals surface area contributed by atoms with Crippen molar-refractivity contribution < 1.29 is 4.74 Å². The molecule has 2 heterocycles. The molecular weight excluding hydrogens is 204 g/mol. The van der Waals surface area contributed by atoms with E-state index in [-0.39, 0.29) is 18.2 Å². The first-order valence-corrected chi connectivity index (χ1v) is 5.88. The van der Waals surface area contributed by atoms with Gasteiger partial charge in [-0.05, 0) is 12.8 Å². The van der Waals surface area contributed by atoms with Crippen molar-refractivity contribution in [3.05, 3.63) is 12.4 Å². The maximum Gasteiger partial charge on any atom is 0.202 e. The van der Waals surface area contributed by atoms with Crippen molar-refractivity contribution in [3.8, 4) is 0 Å². The first-order valence-electron chi connectivity index (χ1n) is 5.88. The molecule has 3 N–H and O–H groups in total. The van der Waals surface area contributed by atoms with Gasteiger partial charge in [-0.3, -0.25) is 0 Å². The highest BCUT2D eigenvalue weighted by Crippen LogP contribution is 2.38. The monoisotopic (exact) mass is 222 g/mol. The van der Waals surface area contributed by atoms with E-state index < -0.39 is 0 Å². The van der Waals surface area contributed by atoms with E-state index in [9.17, 15) is 0 Å². The topological polar surface area (TPSA) is 65.1 Å². The summed E-state index contributed by atoms with van der Waals surface area (Å²) >= 11 is 0. The maximum atomic E-state index is 6.16. The number of nitrogens with two attached hydrogens (primary N) is 1. The Morgan fingerprint density at radius 2 is 2.50 bits per heavy atom. The maximum absolute atomic E-state index is 6.16. The summed E-state index contributed by atoms with van der Waals surface area (Å²) < 4.78 is 7.73. The zero-order valence-corrected chi connectivity index (χ0v) is 9.47. The van der Waals surface area contributed by atoms with Crippen molar-refractivity contribution in [2.24, 2.45) is 18.7 Å². The van der Waals surface area contributed by atoms with Crippen molar-refractivity contribution in [1.82, 2.24) is 9.55 Å². The Hall–Kier alpha value is -1.07. The van der Waals surface area contributed by atoms with Gasteiger partial charge < -0.3 is 20.4 Å². The van der Waals surface area contributed by atoms with Crippen LogP contribution in [0, 0.1) is 5.92 Å². The van der Waals surface area contributed by atoms with Gasteiger partial charge in [-0.25, -0.2) is 4.98 Å². The van der Waals surface area contributed by atoms with Gasteiger partial charge in [-0.2, -0.15) is 0 Å². The van der Waals surface area contributed by atoms with Crippen molar-refractivity contribution in [2.75, 3.05) is 11.9 Å². The van der Waals surface area contributed by atoms with Crippen LogP contribution in [-0.2, 0) is 11.8 Å². The fraction of sp³-hybridized carbons (Fsp3) is 0.727. The van der Waals surface area contributed by atoms with Gasteiger partial charge in [0.1, 0.15) is 0 Å². The molecule has 1 saturated heterocycles. The lowest BCUT2D eigenvalue weighted by molar-refractivity contribution is -0.104. The van der Waals surface area contributed by atoms with Crippen LogP contribution in [0.4, 0.5) is 5.95 Å². The zero-order valence-electron chi connectivity index (χ0n) is 9.47. The second-order valence-corrected chi connectivity index (χ2v) is 4.75. The highest BCUT2D eigenvalue weighted by atomic mass is 16.5. The number of ether oxygens (including phenoxy) is 1. The van der Waals surface area contributed by atoms with E-state index in [1.165, 1.54) is 6.42 Å². The third-order valence-electron chi connectivity index (χ3n) is 3.79. The first kappa shape index (κ1) is 10.1. The van der Waals surface area contributed by atoms with Gasteiger partial charge >= 0.3 is 0 Å². The summed E-state index contributed by atoms with van der Waals surface area (Å²) in [5, 5.41) is 3.38. The average Bonchev–Trinajstić information content (AvgIpc) is 2.71. The van der Waals surface area contributed by atoms with E-state index in [0.29, 0.717) is 5.92 Å². The Balaban J connectivity index is 1.70. The second kappa shape index (κ2) is 3.75. The van der Waals surface area contributed by atoms with Crippen LogP contribution in [0.15, 0.2) is 12.4 Å². The van der Waals surface area contributed by atoms with Gasteiger partial charge in [0.05, 0.1) is 12.1 Å². The molecule has 1 aromatic rings. The fourth-order valence-electron chi connectivity index (χ4n) is 2.78. The largest absolute Gasteiger partial charge is 0.376 e. The van der Waals surface area contributed by atoms with Crippen molar-refractivity contribution in [3.63, 3.8) is 0 Å². The van der Waals surface area contributed by atoms with Gasteiger partial charge in [0, 0.05) is 38.0 Å². The van der Waals surface area contributed by atoms with E-state index in [1.54, 1.807) is 6.20 Å². The number of fused-ring (bicyclic) bond motifs is 1. The number of aryl methyl sites for hydroxylation is 1. The summed E-state index contributed by atoms with van der Waals surface area (Å²) in [6.07, 6.45) is 6.33. The number of anilines is 1. The normalized spacial score (nSPS) is 37.6. The van der Waals surface area contributed by atoms with Crippen molar-refractivity contribution in [1.29, 1.82) is 0 Å². The van der Waals surface area contributed by atoms with Crippen LogP contribution in [0.1, 0.15) is 12.8 Å². The van der Waals surface area contributed by atoms with E-state index >= 15 is 0 Å². The predicted molar refractivity (Wildman–Crippen MR) is 61.1 cm³/mol. The predicted octanol–water partition coefficient (Wildman–Crippen LogP) is 0.337. The number of imidazole rings is 1. The Morgan fingerprint density at radius 1 is 1.62 bits per heavy atom. The standard InChI is InChI=1S/C11H18N4O/c1-15-5-4-13-11(15)14-9-8(12)7-3-2-6-16-10(7)9/h4-5,7-10H,2-3,6,12H2,1H3,(H,13,14). The molecule has 0 aromatic carbocycles. The minimum Gasteiger partial charge on any atom is -0.376 e. The molecule has 4 unspecified atom stereocenters. The van der Waals surface area contributed by atoms with Gasteiger partial charge in [-0.1, -0.05) is 0 Å². The summed E-state index contributed by atoms with van der Waals surface area (Å²) in [6.45, 7) is 0.868. The van der Waals surface area contributed by atoms with Crippen LogP contribution in [0.25, 0.3) is 0 Å². The molecule has 1 aliphatic heterocycles. The summed E-state index contributed by atoms with van der Waals surface area (Å²) in [4.78, 5) is 4.25. The zero-order chi connectivity index (χ0) is 11.1. The van der Waals surface area contributed by atoms with Gasteiger partial charge in [0.25, 0.3) is 0 Å². The molecule has 5 nitrogen and oxygen atoms in total. The molecule has 1 aliphatic carbocycles. The number of rotatable bonds is 2. The van der Waals surface area contributed by atoms with Crippen LogP contribution in [0.2, 0.25) is 0 Å². The third kappa shape index (κ3) is 1.43. The molecule has 0 amide bonds. The minimum atomic E-state index is 0.196. The molecule has 3 rings (SSSR count). The van der Waals surface area contributed by atoms with Crippen molar-refractivity contribution >= 4 is 5.95 Å². The lowest BCUT2D eigenvalue weighted by Gasteiger charge is -2.52. The molecule has 4 atom stereocenters. The molecule has 88 valence electrons. The lowest BCUT2D eigenvalue weighted by Crippen LogP contribution is -2.69. The molecule has 0 bridgehead atoms. The Kier molecular flexibility index (Phi) is 2.37. The van der Waals surface area contributed by atoms with E-state index in [1.807, 2.05) is 17.8 Å². The molecule has 1 aromatic heterocycles. The number of hydrogen-bond donors (Lipinski definition) is 2. The summed E-state index contributed by atoms with van der Waals surface area (Å²) in [5.74, 6) is 1.40. The highest BCUT2D eigenvalue weighted by molar-refractivity contribution is 5.32. The average molecular weight is 222 g/mol. The number of nitrogens with zero attached hydrogens (tertiary/aromatic N) is 2. The molecule has 0 spiro atoms. The molecular formula is C11H18N4O. The van der Waals surface area contributed by atoms with E-state index in [0.717, 1.165) is 19.0 Å². The smallest absolute Gasteiger partial charge is 0.202 e. The Bertz CT molecular complexity index is 378. The number of hydrogen-bond acceptors (Lipinski definition) is 4. The number of nitrogens with one attached hydrogen (secondary N) is 1.